The fourth-order valence-corrected chi connectivity index (χ4v) is 2.14. The molecule has 0 saturated heterocycles. The van der Waals surface area contributed by atoms with Crippen molar-refractivity contribution in [2.24, 2.45) is 0 Å². The van der Waals surface area contributed by atoms with Crippen molar-refractivity contribution in [3.63, 3.8) is 0 Å². The first-order valence-electron chi connectivity index (χ1n) is 5.51. The van der Waals surface area contributed by atoms with Gasteiger partial charge >= 0.3 is 0 Å². The standard InChI is InChI=1S/C12H18N4/c1-7-10-11(14-8(2)13-7)16(9(3)15-10)12(4,5)6/h1-6H3. The van der Waals surface area contributed by atoms with E-state index in [-0.39, 0.29) is 5.54 Å². The summed E-state index contributed by atoms with van der Waals surface area (Å²) in [7, 11) is 0. The first-order valence-corrected chi connectivity index (χ1v) is 5.51. The van der Waals surface area contributed by atoms with E-state index in [0.29, 0.717) is 0 Å². The zero-order valence-corrected chi connectivity index (χ0v) is 10.8. The number of aromatic nitrogens is 4. The minimum Gasteiger partial charge on any atom is -0.307 e. The molecule has 16 heavy (non-hydrogen) atoms. The van der Waals surface area contributed by atoms with Gasteiger partial charge in [0, 0.05) is 5.54 Å². The minimum absolute atomic E-state index is 0.00787. The summed E-state index contributed by atoms with van der Waals surface area (Å²) >= 11 is 0. The van der Waals surface area contributed by atoms with Gasteiger partial charge in [0.15, 0.2) is 5.65 Å². The van der Waals surface area contributed by atoms with E-state index in [1.54, 1.807) is 0 Å². The molecule has 0 unspecified atom stereocenters. The maximum Gasteiger partial charge on any atom is 0.164 e. The van der Waals surface area contributed by atoms with Gasteiger partial charge in [0.05, 0.1) is 5.69 Å². The van der Waals surface area contributed by atoms with E-state index in [2.05, 4.69) is 40.3 Å². The van der Waals surface area contributed by atoms with Crippen LogP contribution in [-0.4, -0.2) is 19.5 Å². The maximum atomic E-state index is 4.56. The van der Waals surface area contributed by atoms with E-state index >= 15 is 0 Å². The van der Waals surface area contributed by atoms with Crippen LogP contribution >= 0.6 is 0 Å². The normalized spacial score (nSPS) is 12.4. The SMILES string of the molecule is Cc1nc(C)c2nc(C)n(C(C)(C)C)c2n1. The smallest absolute Gasteiger partial charge is 0.164 e. The molecule has 0 aliphatic heterocycles. The zero-order chi connectivity index (χ0) is 12.1. The topological polar surface area (TPSA) is 43.6 Å². The van der Waals surface area contributed by atoms with Gasteiger partial charge in [-0.15, -0.1) is 0 Å². The first-order chi connectivity index (χ1) is 7.30. The van der Waals surface area contributed by atoms with Gasteiger partial charge in [-0.2, -0.15) is 0 Å². The number of aryl methyl sites for hydroxylation is 3. The van der Waals surface area contributed by atoms with Crippen molar-refractivity contribution in [3.05, 3.63) is 17.3 Å². The van der Waals surface area contributed by atoms with Gasteiger partial charge < -0.3 is 4.57 Å². The third kappa shape index (κ3) is 1.58. The highest BCUT2D eigenvalue weighted by Gasteiger charge is 2.21. The second kappa shape index (κ2) is 3.27. The Morgan fingerprint density at radius 1 is 0.938 bits per heavy atom. The molecule has 2 rings (SSSR count). The van der Waals surface area contributed by atoms with Crippen LogP contribution in [-0.2, 0) is 5.54 Å². The van der Waals surface area contributed by atoms with Gasteiger partial charge in [-0.25, -0.2) is 15.0 Å². The molecule has 0 spiro atoms. The molecule has 0 aromatic carbocycles. The van der Waals surface area contributed by atoms with Crippen molar-refractivity contribution < 1.29 is 0 Å². The summed E-state index contributed by atoms with van der Waals surface area (Å²) < 4.78 is 2.17. The molecule has 0 bridgehead atoms. The predicted octanol–water partition coefficient (Wildman–Crippen LogP) is 2.51. The Bertz CT molecular complexity index is 546. The lowest BCUT2D eigenvalue weighted by Gasteiger charge is -2.23. The molecule has 0 fully saturated rings. The number of fused-ring (bicyclic) bond motifs is 1. The molecule has 0 amide bonds. The quantitative estimate of drug-likeness (QED) is 0.682. The number of rotatable bonds is 0. The molecule has 2 aromatic rings. The lowest BCUT2D eigenvalue weighted by Crippen LogP contribution is -2.23. The van der Waals surface area contributed by atoms with E-state index in [9.17, 15) is 0 Å². The Morgan fingerprint density at radius 3 is 2.12 bits per heavy atom. The fourth-order valence-electron chi connectivity index (χ4n) is 2.14. The molecule has 86 valence electrons. The summed E-state index contributed by atoms with van der Waals surface area (Å²) in [6.07, 6.45) is 0. The average molecular weight is 218 g/mol. The van der Waals surface area contributed by atoms with Crippen LogP contribution in [0.1, 0.15) is 38.1 Å². The molecule has 0 N–H and O–H groups in total. The van der Waals surface area contributed by atoms with Crippen LogP contribution in [0.5, 0.6) is 0 Å². The van der Waals surface area contributed by atoms with Gasteiger partial charge in [0.25, 0.3) is 0 Å². The molecule has 0 aliphatic carbocycles. The highest BCUT2D eigenvalue weighted by atomic mass is 15.2. The van der Waals surface area contributed by atoms with Gasteiger partial charge in [0.2, 0.25) is 0 Å². The summed E-state index contributed by atoms with van der Waals surface area (Å²) in [5, 5.41) is 0. The second-order valence-corrected chi connectivity index (χ2v) is 5.19. The van der Waals surface area contributed by atoms with Crippen molar-refractivity contribution in [1.29, 1.82) is 0 Å². The molecule has 2 aromatic heterocycles. The van der Waals surface area contributed by atoms with Crippen LogP contribution in [0.15, 0.2) is 0 Å². The van der Waals surface area contributed by atoms with Crippen molar-refractivity contribution in [2.75, 3.05) is 0 Å². The molecule has 0 radical (unpaired) electrons. The third-order valence-corrected chi connectivity index (χ3v) is 2.63. The Hall–Kier alpha value is -1.45. The highest BCUT2D eigenvalue weighted by Crippen LogP contribution is 2.24. The number of hydrogen-bond acceptors (Lipinski definition) is 3. The van der Waals surface area contributed by atoms with E-state index in [4.69, 9.17) is 0 Å². The molecule has 4 nitrogen and oxygen atoms in total. The number of hydrogen-bond donors (Lipinski definition) is 0. The monoisotopic (exact) mass is 218 g/mol. The Labute approximate surface area is 95.7 Å². The molecule has 0 atom stereocenters. The second-order valence-electron chi connectivity index (χ2n) is 5.19. The molecular formula is C12H18N4. The minimum atomic E-state index is -0.00787. The number of nitrogens with zero attached hydrogens (tertiary/aromatic N) is 4. The zero-order valence-electron chi connectivity index (χ0n) is 10.8. The van der Waals surface area contributed by atoms with E-state index < -0.39 is 0 Å². The van der Waals surface area contributed by atoms with Gasteiger partial charge in [-0.1, -0.05) is 0 Å². The maximum absolute atomic E-state index is 4.56. The lowest BCUT2D eigenvalue weighted by atomic mass is 10.1. The summed E-state index contributed by atoms with van der Waals surface area (Å²) in [5.41, 5.74) is 2.80. The van der Waals surface area contributed by atoms with Gasteiger partial charge in [0.1, 0.15) is 17.2 Å². The highest BCUT2D eigenvalue weighted by molar-refractivity contribution is 5.74. The van der Waals surface area contributed by atoms with E-state index in [1.165, 1.54) is 0 Å². The molecular weight excluding hydrogens is 200 g/mol. The largest absolute Gasteiger partial charge is 0.307 e. The molecule has 2 heterocycles. The van der Waals surface area contributed by atoms with Crippen molar-refractivity contribution in [2.45, 2.75) is 47.1 Å². The van der Waals surface area contributed by atoms with Gasteiger partial charge in [-0.3, -0.25) is 0 Å². The van der Waals surface area contributed by atoms with Crippen molar-refractivity contribution in [3.8, 4) is 0 Å². The first kappa shape index (κ1) is 11.0. The summed E-state index contributed by atoms with van der Waals surface area (Å²) in [5.74, 6) is 1.79. The lowest BCUT2D eigenvalue weighted by molar-refractivity contribution is 0.397. The van der Waals surface area contributed by atoms with Crippen LogP contribution in [0.4, 0.5) is 0 Å². The van der Waals surface area contributed by atoms with Gasteiger partial charge in [-0.05, 0) is 41.5 Å². The van der Waals surface area contributed by atoms with Crippen molar-refractivity contribution in [1.82, 2.24) is 19.5 Å². The van der Waals surface area contributed by atoms with Crippen LogP contribution in [0, 0.1) is 20.8 Å². The number of imidazole rings is 1. The summed E-state index contributed by atoms with van der Waals surface area (Å²) in [6.45, 7) is 12.4. The Morgan fingerprint density at radius 2 is 1.56 bits per heavy atom. The van der Waals surface area contributed by atoms with E-state index in [1.807, 2.05) is 20.8 Å². The van der Waals surface area contributed by atoms with Crippen molar-refractivity contribution >= 4 is 11.2 Å². The summed E-state index contributed by atoms with van der Waals surface area (Å²) in [6, 6.07) is 0. The fraction of sp³-hybridized carbons (Fsp3) is 0.583. The molecule has 4 heteroatoms. The van der Waals surface area contributed by atoms with Crippen LogP contribution in [0.25, 0.3) is 11.2 Å². The van der Waals surface area contributed by atoms with E-state index in [0.717, 1.165) is 28.5 Å². The molecule has 0 aliphatic rings. The Kier molecular flexibility index (Phi) is 2.26. The summed E-state index contributed by atoms with van der Waals surface area (Å²) in [4.78, 5) is 13.4. The predicted molar refractivity (Wildman–Crippen MR) is 64.5 cm³/mol. The van der Waals surface area contributed by atoms with Crippen LogP contribution in [0.2, 0.25) is 0 Å². The average Bonchev–Trinajstić information content (AvgIpc) is 2.40. The van der Waals surface area contributed by atoms with Crippen LogP contribution < -0.4 is 0 Å². The third-order valence-electron chi connectivity index (χ3n) is 2.63. The molecule has 0 saturated carbocycles. The Balaban J connectivity index is 2.89. The van der Waals surface area contributed by atoms with Crippen LogP contribution in [0.3, 0.4) is 0 Å².